The van der Waals surface area contributed by atoms with E-state index in [1.54, 1.807) is 35.2 Å². The van der Waals surface area contributed by atoms with Gasteiger partial charge in [0.05, 0.1) is 30.4 Å². The van der Waals surface area contributed by atoms with Gasteiger partial charge in [-0.2, -0.15) is 0 Å². The number of amides is 1. The summed E-state index contributed by atoms with van der Waals surface area (Å²) in [5.41, 5.74) is 8.10. The van der Waals surface area contributed by atoms with Crippen molar-refractivity contribution in [1.82, 2.24) is 9.62 Å². The first-order valence-electron chi connectivity index (χ1n) is 12.8. The Bertz CT molecular complexity index is 1450. The fraction of sp³-hybridized carbons (Fsp3) is 0.276. The number of nitrogens with two attached hydrogens (primary N) is 1. The molecule has 12 heteroatoms. The quantitative estimate of drug-likeness (QED) is 0.164. The van der Waals surface area contributed by atoms with Gasteiger partial charge in [0, 0.05) is 18.7 Å². The van der Waals surface area contributed by atoms with Crippen LogP contribution in [-0.2, 0) is 24.3 Å². The van der Waals surface area contributed by atoms with E-state index in [2.05, 4.69) is 4.72 Å². The van der Waals surface area contributed by atoms with Gasteiger partial charge < -0.3 is 20.1 Å². The third-order valence-electron chi connectivity index (χ3n) is 6.79. The average Bonchev–Trinajstić information content (AvgIpc) is 3.26. The highest BCUT2D eigenvalue weighted by molar-refractivity contribution is 7.89. The number of nitrogen functional groups attached to an aromatic ring is 1. The predicted molar refractivity (Wildman–Crippen MR) is 158 cm³/mol. The normalized spacial score (nSPS) is 16.6. The molecule has 2 atom stereocenters. The lowest BCUT2D eigenvalue weighted by atomic mass is 10.0. The summed E-state index contributed by atoms with van der Waals surface area (Å²) < 4.78 is 38.5. The number of carbonyl (C=O) groups is 2. The number of methoxy groups -OCH3 is 1. The first-order valence-corrected chi connectivity index (χ1v) is 14.3. The maximum Gasteiger partial charge on any atom is 0.306 e. The van der Waals surface area contributed by atoms with Crippen LogP contribution in [0.5, 0.6) is 5.75 Å². The third-order valence-corrected chi connectivity index (χ3v) is 8.27. The molecule has 3 aromatic rings. The molecule has 0 aliphatic carbocycles. The number of halogens is 1. The Kier molecular flexibility index (Phi) is 10.9. The number of hydrogen-bond acceptors (Lipinski definition) is 7. The minimum Gasteiger partial charge on any atom is -0.491 e. The Balaban J connectivity index is 0.00000462. The summed E-state index contributed by atoms with van der Waals surface area (Å²) in [6, 6.07) is 22.5. The summed E-state index contributed by atoms with van der Waals surface area (Å²) in [5, 5.41) is 7.52. The molecule has 4 rings (SSSR count). The molecule has 0 saturated carbocycles. The van der Waals surface area contributed by atoms with Crippen molar-refractivity contribution in [3.63, 3.8) is 0 Å². The zero-order chi connectivity index (χ0) is 28.7. The highest BCUT2D eigenvalue weighted by Crippen LogP contribution is 2.29. The highest BCUT2D eigenvalue weighted by atomic mass is 35.5. The lowest BCUT2D eigenvalue weighted by Gasteiger charge is -2.25. The van der Waals surface area contributed by atoms with Gasteiger partial charge in [0.15, 0.2) is 0 Å². The monoisotopic (exact) mass is 600 g/mol. The molecule has 0 bridgehead atoms. The Morgan fingerprint density at radius 1 is 1.02 bits per heavy atom. The van der Waals surface area contributed by atoms with E-state index in [1.807, 2.05) is 36.4 Å². The van der Waals surface area contributed by atoms with Crippen molar-refractivity contribution in [3.8, 4) is 16.9 Å². The smallest absolute Gasteiger partial charge is 0.306 e. The lowest BCUT2D eigenvalue weighted by molar-refractivity contribution is -0.144. The molecular weight excluding hydrogens is 568 g/mol. The van der Waals surface area contributed by atoms with Gasteiger partial charge in [-0.05, 0) is 41.8 Å². The van der Waals surface area contributed by atoms with Gasteiger partial charge in [-0.1, -0.05) is 54.6 Å². The van der Waals surface area contributed by atoms with Crippen LogP contribution in [0.15, 0.2) is 83.8 Å². The Hall–Kier alpha value is -3.93. The first-order chi connectivity index (χ1) is 19.2. The van der Waals surface area contributed by atoms with E-state index < -0.39 is 21.9 Å². The summed E-state index contributed by atoms with van der Waals surface area (Å²) in [4.78, 5) is 26.7. The van der Waals surface area contributed by atoms with Crippen molar-refractivity contribution in [2.24, 2.45) is 11.7 Å². The number of esters is 1. The zero-order valence-electron chi connectivity index (χ0n) is 22.5. The summed E-state index contributed by atoms with van der Waals surface area (Å²) in [6.07, 6.45) is 0.342. The van der Waals surface area contributed by atoms with Crippen LogP contribution in [0.4, 0.5) is 0 Å². The SMILES string of the molecule is COC(=O)C[C@@H]1C[C@@H](COc2ccc(-c3ccc(C(=N)N)cc3)cc2)N(CCNS(=O)(=O)c2ccccc2)C1=O.Cl. The maximum atomic E-state index is 13.1. The van der Waals surface area contributed by atoms with Gasteiger partial charge in [0.1, 0.15) is 18.2 Å². The zero-order valence-corrected chi connectivity index (χ0v) is 24.1. The van der Waals surface area contributed by atoms with Crippen LogP contribution >= 0.6 is 12.4 Å². The van der Waals surface area contributed by atoms with Crippen LogP contribution < -0.4 is 15.2 Å². The number of benzene rings is 3. The number of rotatable bonds is 12. The molecule has 1 aliphatic heterocycles. The van der Waals surface area contributed by atoms with Crippen molar-refractivity contribution < 1.29 is 27.5 Å². The van der Waals surface area contributed by atoms with E-state index in [4.69, 9.17) is 20.6 Å². The molecule has 1 fully saturated rings. The number of amidine groups is 1. The summed E-state index contributed by atoms with van der Waals surface area (Å²) in [5.74, 6) is -0.652. The lowest BCUT2D eigenvalue weighted by Crippen LogP contribution is -2.42. The Morgan fingerprint density at radius 3 is 2.22 bits per heavy atom. The number of likely N-dealkylation sites (tertiary alicyclic amines) is 1. The molecule has 1 heterocycles. The number of sulfonamides is 1. The molecule has 0 spiro atoms. The number of ether oxygens (including phenoxy) is 2. The van der Waals surface area contributed by atoms with E-state index in [0.717, 1.165) is 11.1 Å². The van der Waals surface area contributed by atoms with Crippen LogP contribution in [0.3, 0.4) is 0 Å². The Morgan fingerprint density at radius 2 is 1.63 bits per heavy atom. The molecule has 218 valence electrons. The molecule has 3 aromatic carbocycles. The molecule has 1 amide bonds. The summed E-state index contributed by atoms with van der Waals surface area (Å²) in [6.45, 7) is 0.328. The van der Waals surface area contributed by atoms with Crippen molar-refractivity contribution in [2.45, 2.75) is 23.8 Å². The van der Waals surface area contributed by atoms with Gasteiger partial charge in [-0.25, -0.2) is 13.1 Å². The molecule has 0 aromatic heterocycles. The van der Waals surface area contributed by atoms with E-state index >= 15 is 0 Å². The van der Waals surface area contributed by atoms with Crippen molar-refractivity contribution in [3.05, 3.63) is 84.4 Å². The molecule has 1 saturated heterocycles. The predicted octanol–water partition coefficient (Wildman–Crippen LogP) is 3.20. The van der Waals surface area contributed by atoms with Gasteiger partial charge >= 0.3 is 5.97 Å². The van der Waals surface area contributed by atoms with Crippen LogP contribution in [0.25, 0.3) is 11.1 Å². The molecule has 10 nitrogen and oxygen atoms in total. The first kappa shape index (κ1) is 31.6. The van der Waals surface area contributed by atoms with Crippen LogP contribution in [0.1, 0.15) is 18.4 Å². The van der Waals surface area contributed by atoms with Crippen molar-refractivity contribution in [1.29, 1.82) is 5.41 Å². The summed E-state index contributed by atoms with van der Waals surface area (Å²) in [7, 11) is -2.44. The van der Waals surface area contributed by atoms with Crippen molar-refractivity contribution in [2.75, 3.05) is 26.8 Å². The van der Waals surface area contributed by atoms with E-state index in [9.17, 15) is 18.0 Å². The van der Waals surface area contributed by atoms with Crippen LogP contribution in [0.2, 0.25) is 0 Å². The Labute approximate surface area is 245 Å². The minimum absolute atomic E-state index is 0. The van der Waals surface area contributed by atoms with Crippen LogP contribution in [0, 0.1) is 11.3 Å². The maximum absolute atomic E-state index is 13.1. The average molecular weight is 601 g/mol. The van der Waals surface area contributed by atoms with E-state index in [0.29, 0.717) is 17.7 Å². The van der Waals surface area contributed by atoms with Gasteiger partial charge in [-0.15, -0.1) is 12.4 Å². The minimum atomic E-state index is -3.72. The van der Waals surface area contributed by atoms with Crippen molar-refractivity contribution >= 4 is 40.1 Å². The van der Waals surface area contributed by atoms with Crippen LogP contribution in [-0.4, -0.2) is 63.9 Å². The number of nitrogens with zero attached hydrogens (tertiary/aromatic N) is 1. The highest BCUT2D eigenvalue weighted by Gasteiger charge is 2.40. The fourth-order valence-corrected chi connectivity index (χ4v) is 5.68. The topological polar surface area (TPSA) is 152 Å². The fourth-order valence-electron chi connectivity index (χ4n) is 4.64. The summed E-state index contributed by atoms with van der Waals surface area (Å²) >= 11 is 0. The third kappa shape index (κ3) is 8.06. The van der Waals surface area contributed by atoms with Gasteiger partial charge in [-0.3, -0.25) is 15.0 Å². The van der Waals surface area contributed by atoms with Gasteiger partial charge in [0.2, 0.25) is 15.9 Å². The largest absolute Gasteiger partial charge is 0.491 e. The molecule has 41 heavy (non-hydrogen) atoms. The number of nitrogens with one attached hydrogen (secondary N) is 2. The molecular formula is C29H33ClN4O6S. The second-order valence-corrected chi connectivity index (χ2v) is 11.2. The second-order valence-electron chi connectivity index (χ2n) is 9.44. The molecule has 0 unspecified atom stereocenters. The number of hydrogen-bond donors (Lipinski definition) is 3. The standard InChI is InChI=1S/C29H32N4O6S.ClH/c1-38-27(34)18-23-17-24(33(29(23)35)16-15-32-40(36,37)26-5-3-2-4-6-26)19-39-25-13-11-21(12-14-25)20-7-9-22(10-8-20)28(30)31;/h2-14,23-24,32H,15-19H2,1H3,(H3,30,31);1H/t23-,24-;/m0./s1. The molecule has 0 radical (unpaired) electrons. The van der Waals surface area contributed by atoms with E-state index in [1.165, 1.54) is 19.2 Å². The number of carbonyl (C=O) groups excluding carboxylic acids is 2. The molecule has 1 aliphatic rings. The molecule has 4 N–H and O–H groups in total. The second kappa shape index (κ2) is 14.1. The van der Waals surface area contributed by atoms with E-state index in [-0.39, 0.29) is 61.2 Å². The van der Waals surface area contributed by atoms with Gasteiger partial charge in [0.25, 0.3) is 0 Å².